The fourth-order valence-electron chi connectivity index (χ4n) is 5.64. The second kappa shape index (κ2) is 42.1. The van der Waals surface area contributed by atoms with E-state index in [0.29, 0.717) is 6.42 Å². The van der Waals surface area contributed by atoms with Gasteiger partial charge in [0.2, 0.25) is 0 Å². The van der Waals surface area contributed by atoms with Crippen LogP contribution in [0.25, 0.3) is 0 Å². The van der Waals surface area contributed by atoms with Crippen LogP contribution in [0.3, 0.4) is 0 Å². The first-order chi connectivity index (χ1) is 27.3. The van der Waals surface area contributed by atoms with Crippen LogP contribution in [0.15, 0.2) is 72.9 Å². The Labute approximate surface area is 341 Å². The van der Waals surface area contributed by atoms with Gasteiger partial charge in [-0.2, -0.15) is 0 Å². The first-order valence-corrected chi connectivity index (χ1v) is 23.4. The van der Waals surface area contributed by atoms with Crippen molar-refractivity contribution >= 4 is 19.8 Å². The Balaban J connectivity index is 4.05. The molecule has 9 nitrogen and oxygen atoms in total. The summed E-state index contributed by atoms with van der Waals surface area (Å²) in [5, 5.41) is 0. The summed E-state index contributed by atoms with van der Waals surface area (Å²) in [6.45, 7) is 3.56. The molecule has 0 bridgehead atoms. The van der Waals surface area contributed by atoms with E-state index in [0.717, 1.165) is 83.5 Å². The van der Waals surface area contributed by atoms with Crippen LogP contribution in [0.2, 0.25) is 0 Å². The van der Waals surface area contributed by atoms with Crippen LogP contribution in [0.1, 0.15) is 174 Å². The molecule has 2 atom stereocenters. The van der Waals surface area contributed by atoms with Crippen molar-refractivity contribution in [3.63, 3.8) is 0 Å². The lowest BCUT2D eigenvalue weighted by molar-refractivity contribution is -0.161. The predicted molar refractivity (Wildman–Crippen MR) is 233 cm³/mol. The molecule has 0 fully saturated rings. The van der Waals surface area contributed by atoms with Crippen molar-refractivity contribution in [2.75, 3.05) is 26.4 Å². The van der Waals surface area contributed by atoms with Crippen molar-refractivity contribution in [1.29, 1.82) is 0 Å². The molecule has 0 aliphatic heterocycles. The molecule has 0 saturated carbocycles. The van der Waals surface area contributed by atoms with Crippen LogP contribution in [-0.2, 0) is 32.7 Å². The number of phosphoric ester groups is 1. The van der Waals surface area contributed by atoms with Gasteiger partial charge < -0.3 is 20.1 Å². The molecule has 0 aliphatic rings. The van der Waals surface area contributed by atoms with Gasteiger partial charge in [0.05, 0.1) is 13.2 Å². The zero-order valence-electron chi connectivity index (χ0n) is 35.3. The van der Waals surface area contributed by atoms with Gasteiger partial charge in [0.1, 0.15) is 6.61 Å². The summed E-state index contributed by atoms with van der Waals surface area (Å²) in [6, 6.07) is 0. The van der Waals surface area contributed by atoms with Crippen LogP contribution < -0.4 is 5.73 Å². The molecule has 322 valence electrons. The number of esters is 2. The van der Waals surface area contributed by atoms with E-state index in [-0.39, 0.29) is 32.6 Å². The summed E-state index contributed by atoms with van der Waals surface area (Å²) < 4.78 is 32.7. The molecule has 3 N–H and O–H groups in total. The van der Waals surface area contributed by atoms with Crippen LogP contribution in [0.5, 0.6) is 0 Å². The molecule has 0 saturated heterocycles. The summed E-state index contributed by atoms with van der Waals surface area (Å²) in [4.78, 5) is 34.7. The molecular weight excluding hydrogens is 725 g/mol. The van der Waals surface area contributed by atoms with E-state index in [4.69, 9.17) is 24.3 Å². The number of allylic oxidation sites excluding steroid dienone is 12. The highest BCUT2D eigenvalue weighted by Gasteiger charge is 2.26. The third-order valence-corrected chi connectivity index (χ3v) is 9.84. The average molecular weight is 806 g/mol. The first-order valence-electron chi connectivity index (χ1n) is 21.9. The Bertz CT molecular complexity index is 1150. The van der Waals surface area contributed by atoms with E-state index in [1.54, 1.807) is 0 Å². The van der Waals surface area contributed by atoms with E-state index >= 15 is 0 Å². The van der Waals surface area contributed by atoms with E-state index in [1.807, 2.05) is 0 Å². The topological polar surface area (TPSA) is 134 Å². The molecule has 0 aliphatic carbocycles. The number of hydrogen-bond donors (Lipinski definition) is 2. The monoisotopic (exact) mass is 806 g/mol. The number of carbonyl (C=O) groups excluding carboxylic acids is 2. The molecule has 0 aromatic heterocycles. The molecule has 0 radical (unpaired) electrons. The van der Waals surface area contributed by atoms with Gasteiger partial charge in [-0.15, -0.1) is 0 Å². The number of nitrogens with two attached hydrogens (primary N) is 1. The van der Waals surface area contributed by atoms with Gasteiger partial charge >= 0.3 is 19.8 Å². The smallest absolute Gasteiger partial charge is 0.462 e. The van der Waals surface area contributed by atoms with Crippen molar-refractivity contribution in [2.24, 2.45) is 5.73 Å². The van der Waals surface area contributed by atoms with Crippen LogP contribution >= 0.6 is 7.82 Å². The minimum Gasteiger partial charge on any atom is -0.462 e. The van der Waals surface area contributed by atoms with Crippen LogP contribution in [-0.4, -0.2) is 49.3 Å². The fourth-order valence-corrected chi connectivity index (χ4v) is 6.40. The number of unbranched alkanes of at least 4 members (excludes halogenated alkanes) is 15. The average Bonchev–Trinajstić information content (AvgIpc) is 3.18. The minimum atomic E-state index is -4.38. The largest absolute Gasteiger partial charge is 0.472 e. The number of carbonyl (C=O) groups is 2. The minimum absolute atomic E-state index is 0.0494. The Kier molecular flexibility index (Phi) is 40.2. The molecule has 0 rings (SSSR count). The number of hydrogen-bond acceptors (Lipinski definition) is 8. The van der Waals surface area contributed by atoms with Gasteiger partial charge in [-0.05, 0) is 64.2 Å². The molecule has 56 heavy (non-hydrogen) atoms. The standard InChI is InChI=1S/C46H80NO8P/c1-3-5-7-9-11-13-14-15-16-17-18-19-20-21-22-23-24-25-26-27-28-29-30-31-33-35-37-39-46(49)55-44(43-54-56(50,51)53-41-40-47)42-52-45(48)38-36-34-32-12-10-8-6-4-2/h5,7,11,13,15-16,18-19,21-22,24-25,44H,3-4,6,8-10,12,14,17,20,23,26-43,47H2,1-2H3,(H,50,51)/b7-5-,13-11-,16-15-,19-18-,22-21-,25-24-. The molecule has 0 amide bonds. The van der Waals surface area contributed by atoms with Gasteiger partial charge in [0, 0.05) is 19.4 Å². The zero-order chi connectivity index (χ0) is 41.1. The van der Waals surface area contributed by atoms with E-state index in [9.17, 15) is 19.0 Å². The second-order valence-corrected chi connectivity index (χ2v) is 15.6. The first kappa shape index (κ1) is 53.5. The summed E-state index contributed by atoms with van der Waals surface area (Å²) in [7, 11) is -4.38. The summed E-state index contributed by atoms with van der Waals surface area (Å²) in [5.74, 6) is -0.847. The summed E-state index contributed by atoms with van der Waals surface area (Å²) in [5.41, 5.74) is 5.33. The fraction of sp³-hybridized carbons (Fsp3) is 0.696. The maximum Gasteiger partial charge on any atom is 0.472 e. The quantitative estimate of drug-likeness (QED) is 0.0268. The molecular formula is C46H80NO8P. The van der Waals surface area contributed by atoms with E-state index in [2.05, 4.69) is 86.8 Å². The van der Waals surface area contributed by atoms with Gasteiger partial charge in [-0.1, -0.05) is 170 Å². The SMILES string of the molecule is CC/C=C\C/C=C\C/C=C\C/C=C\C/C=C\C/C=C\CCCCCCCCCCC(=O)OC(COC(=O)CCCCCCCCCC)COP(=O)(O)OCCN. The lowest BCUT2D eigenvalue weighted by atomic mass is 10.1. The second-order valence-electron chi connectivity index (χ2n) is 14.2. The Morgan fingerprint density at radius 3 is 1.46 bits per heavy atom. The zero-order valence-corrected chi connectivity index (χ0v) is 36.2. The van der Waals surface area contributed by atoms with Crippen molar-refractivity contribution in [2.45, 2.75) is 180 Å². The maximum atomic E-state index is 12.6. The van der Waals surface area contributed by atoms with E-state index < -0.39 is 32.5 Å². The van der Waals surface area contributed by atoms with Gasteiger partial charge in [0.25, 0.3) is 0 Å². The number of phosphoric acid groups is 1. The van der Waals surface area contributed by atoms with E-state index in [1.165, 1.54) is 57.8 Å². The van der Waals surface area contributed by atoms with Gasteiger partial charge in [-0.3, -0.25) is 18.6 Å². The Morgan fingerprint density at radius 2 is 0.982 bits per heavy atom. The molecule has 0 aromatic carbocycles. The van der Waals surface area contributed by atoms with Crippen molar-refractivity contribution < 1.29 is 37.6 Å². The molecule has 0 aromatic rings. The Hall–Kier alpha value is -2.55. The molecule has 2 unspecified atom stereocenters. The van der Waals surface area contributed by atoms with Gasteiger partial charge in [-0.25, -0.2) is 4.57 Å². The van der Waals surface area contributed by atoms with Crippen molar-refractivity contribution in [3.8, 4) is 0 Å². The Morgan fingerprint density at radius 1 is 0.554 bits per heavy atom. The lowest BCUT2D eigenvalue weighted by Gasteiger charge is -2.19. The molecule has 0 heterocycles. The highest BCUT2D eigenvalue weighted by molar-refractivity contribution is 7.47. The predicted octanol–water partition coefficient (Wildman–Crippen LogP) is 12.7. The van der Waals surface area contributed by atoms with Crippen LogP contribution in [0.4, 0.5) is 0 Å². The summed E-state index contributed by atoms with van der Waals surface area (Å²) in [6.07, 6.45) is 50.9. The van der Waals surface area contributed by atoms with Crippen LogP contribution in [0, 0.1) is 0 Å². The highest BCUT2D eigenvalue weighted by Crippen LogP contribution is 2.43. The highest BCUT2D eigenvalue weighted by atomic mass is 31.2. The van der Waals surface area contributed by atoms with Crippen molar-refractivity contribution in [3.05, 3.63) is 72.9 Å². The third kappa shape index (κ3) is 41.1. The third-order valence-electron chi connectivity index (χ3n) is 8.86. The lowest BCUT2D eigenvalue weighted by Crippen LogP contribution is -2.29. The normalized spacial score (nSPS) is 14.0. The number of rotatable bonds is 40. The number of ether oxygens (including phenoxy) is 2. The summed E-state index contributed by atoms with van der Waals surface area (Å²) >= 11 is 0. The maximum absolute atomic E-state index is 12.6. The van der Waals surface area contributed by atoms with Crippen molar-refractivity contribution in [1.82, 2.24) is 0 Å². The van der Waals surface area contributed by atoms with Gasteiger partial charge in [0.15, 0.2) is 6.10 Å². The molecule has 0 spiro atoms. The molecule has 10 heteroatoms.